The van der Waals surface area contributed by atoms with Crippen LogP contribution in [0.2, 0.25) is 0 Å². The summed E-state index contributed by atoms with van der Waals surface area (Å²) in [5, 5.41) is 14.2. The Morgan fingerprint density at radius 2 is 1.65 bits per heavy atom. The minimum absolute atomic E-state index is 0.0150. The van der Waals surface area contributed by atoms with Crippen LogP contribution in [0, 0.1) is 5.92 Å². The van der Waals surface area contributed by atoms with E-state index in [2.05, 4.69) is 15.6 Å². The van der Waals surface area contributed by atoms with E-state index < -0.39 is 29.9 Å². The number of ketones is 1. The number of rotatable bonds is 11. The largest absolute Gasteiger partial charge is 0.473 e. The Morgan fingerprint density at radius 3 is 2.26 bits per heavy atom. The van der Waals surface area contributed by atoms with Crippen molar-refractivity contribution in [2.24, 2.45) is 10.9 Å². The number of aryl methyl sites for hydroxylation is 1. The van der Waals surface area contributed by atoms with Crippen LogP contribution in [0.4, 0.5) is 4.79 Å². The summed E-state index contributed by atoms with van der Waals surface area (Å²) in [6.45, 7) is 4.04. The number of ether oxygens (including phenoxy) is 1. The maximum Gasteiger partial charge on any atom is 0.405 e. The molecule has 3 atom stereocenters. The van der Waals surface area contributed by atoms with E-state index in [1.807, 2.05) is 74.5 Å². The third-order valence-electron chi connectivity index (χ3n) is 5.56. The van der Waals surface area contributed by atoms with Crippen LogP contribution >= 0.6 is 0 Å². The summed E-state index contributed by atoms with van der Waals surface area (Å²) in [4.78, 5) is 42.0. The molecule has 2 aromatic carbocycles. The molecular weight excluding hydrogens is 434 g/mol. The Hall–Kier alpha value is -3.68. The molecule has 8 nitrogen and oxygen atoms in total. The van der Waals surface area contributed by atoms with Crippen molar-refractivity contribution < 1.29 is 24.2 Å². The third-order valence-corrected chi connectivity index (χ3v) is 5.56. The number of aliphatic imine (C=N–C) groups is 1. The Labute approximate surface area is 199 Å². The average Bonchev–Trinajstić information content (AvgIpc) is 3.32. The molecule has 8 heteroatoms. The summed E-state index contributed by atoms with van der Waals surface area (Å²) in [7, 11) is 0. The minimum atomic E-state index is -1.29. The zero-order valence-corrected chi connectivity index (χ0v) is 19.4. The van der Waals surface area contributed by atoms with Crippen LogP contribution in [0.5, 0.6) is 0 Å². The smallest absolute Gasteiger partial charge is 0.405 e. The first-order valence-corrected chi connectivity index (χ1v) is 11.5. The second-order valence-corrected chi connectivity index (χ2v) is 8.75. The van der Waals surface area contributed by atoms with Gasteiger partial charge in [0.1, 0.15) is 18.7 Å². The second kappa shape index (κ2) is 12.0. The highest BCUT2D eigenvalue weighted by molar-refractivity contribution is 6.39. The van der Waals surface area contributed by atoms with Gasteiger partial charge in [0, 0.05) is 0 Å². The zero-order valence-electron chi connectivity index (χ0n) is 19.4. The predicted molar refractivity (Wildman–Crippen MR) is 129 cm³/mol. The summed E-state index contributed by atoms with van der Waals surface area (Å²) in [5.74, 6) is -0.892. The van der Waals surface area contributed by atoms with E-state index in [-0.39, 0.29) is 24.5 Å². The van der Waals surface area contributed by atoms with E-state index in [4.69, 9.17) is 9.84 Å². The van der Waals surface area contributed by atoms with E-state index in [9.17, 15) is 14.4 Å². The Morgan fingerprint density at radius 1 is 1.00 bits per heavy atom. The zero-order chi connectivity index (χ0) is 24.5. The predicted octanol–water partition coefficient (Wildman–Crippen LogP) is 3.53. The van der Waals surface area contributed by atoms with Crippen LogP contribution in [0.3, 0.4) is 0 Å². The number of nitrogens with one attached hydrogen (secondary N) is 2. The molecule has 1 aliphatic heterocycles. The van der Waals surface area contributed by atoms with Crippen LogP contribution < -0.4 is 10.6 Å². The molecule has 0 spiro atoms. The molecule has 0 fully saturated rings. The average molecular weight is 466 g/mol. The van der Waals surface area contributed by atoms with Crippen LogP contribution in [-0.4, -0.2) is 47.5 Å². The molecule has 1 heterocycles. The second-order valence-electron chi connectivity index (χ2n) is 8.75. The summed E-state index contributed by atoms with van der Waals surface area (Å²) < 4.78 is 5.63. The highest BCUT2D eigenvalue weighted by Gasteiger charge is 2.33. The van der Waals surface area contributed by atoms with Gasteiger partial charge in [-0.25, -0.2) is 9.79 Å². The third kappa shape index (κ3) is 7.16. The molecule has 0 radical (unpaired) electrons. The van der Waals surface area contributed by atoms with Gasteiger partial charge in [0.15, 0.2) is 0 Å². The minimum Gasteiger partial charge on any atom is -0.473 e. The molecule has 180 valence electrons. The quantitative estimate of drug-likeness (QED) is 0.469. The first kappa shape index (κ1) is 25.0. The van der Waals surface area contributed by atoms with E-state index in [1.54, 1.807) is 0 Å². The monoisotopic (exact) mass is 465 g/mol. The maximum atomic E-state index is 13.3. The maximum absolute atomic E-state index is 13.3. The van der Waals surface area contributed by atoms with Crippen molar-refractivity contribution >= 4 is 23.7 Å². The molecule has 0 saturated carbocycles. The number of Topliss-reactive ketones (excluding diaryl/α,β-unsaturated/α-hetero) is 1. The number of carbonyl (C=O) groups is 3. The molecule has 0 saturated heterocycles. The van der Waals surface area contributed by atoms with Crippen LogP contribution in [-0.2, 0) is 20.7 Å². The van der Waals surface area contributed by atoms with Crippen molar-refractivity contribution in [1.29, 1.82) is 0 Å². The lowest BCUT2D eigenvalue weighted by Gasteiger charge is -2.23. The summed E-state index contributed by atoms with van der Waals surface area (Å²) >= 11 is 0. The SMILES string of the molecule is CC(C)CC(NC(=O)O)C(=O)NC(CCc1ccccc1)C(=O)C1=N[C@@H](c2ccccc2)CO1. The summed E-state index contributed by atoms with van der Waals surface area (Å²) in [5.41, 5.74) is 1.96. The Kier molecular flexibility index (Phi) is 8.79. The van der Waals surface area contributed by atoms with E-state index in [0.717, 1.165) is 11.1 Å². The first-order valence-electron chi connectivity index (χ1n) is 11.5. The van der Waals surface area contributed by atoms with Gasteiger partial charge in [0.05, 0.1) is 6.04 Å². The number of benzene rings is 2. The fourth-order valence-electron chi connectivity index (χ4n) is 3.85. The summed E-state index contributed by atoms with van der Waals surface area (Å²) in [6.07, 6.45) is -0.101. The number of hydrogen-bond donors (Lipinski definition) is 3. The van der Waals surface area contributed by atoms with E-state index in [0.29, 0.717) is 19.3 Å². The topological polar surface area (TPSA) is 117 Å². The van der Waals surface area contributed by atoms with E-state index in [1.165, 1.54) is 0 Å². The van der Waals surface area contributed by atoms with Gasteiger partial charge in [0.2, 0.25) is 11.7 Å². The molecule has 3 N–H and O–H groups in total. The first-order chi connectivity index (χ1) is 16.3. The molecule has 1 aliphatic rings. The number of hydrogen-bond acceptors (Lipinski definition) is 5. The molecule has 2 amide bonds. The lowest BCUT2D eigenvalue weighted by Crippen LogP contribution is -2.53. The van der Waals surface area contributed by atoms with Gasteiger partial charge in [-0.05, 0) is 36.3 Å². The van der Waals surface area contributed by atoms with Gasteiger partial charge in [-0.15, -0.1) is 0 Å². The molecule has 0 aromatic heterocycles. The summed E-state index contributed by atoms with van der Waals surface area (Å²) in [6, 6.07) is 17.0. The van der Waals surface area contributed by atoms with Crippen molar-refractivity contribution in [3.63, 3.8) is 0 Å². The molecule has 2 unspecified atom stereocenters. The molecule has 0 aliphatic carbocycles. The Balaban J connectivity index is 1.77. The van der Waals surface area contributed by atoms with Gasteiger partial charge >= 0.3 is 6.09 Å². The lowest BCUT2D eigenvalue weighted by atomic mass is 9.99. The van der Waals surface area contributed by atoms with Crippen molar-refractivity contribution in [1.82, 2.24) is 10.6 Å². The fraction of sp³-hybridized carbons (Fsp3) is 0.385. The molecule has 3 rings (SSSR count). The van der Waals surface area contributed by atoms with Gasteiger partial charge in [-0.2, -0.15) is 0 Å². The van der Waals surface area contributed by atoms with Crippen molar-refractivity contribution in [2.75, 3.05) is 6.61 Å². The van der Waals surface area contributed by atoms with Crippen molar-refractivity contribution in [3.05, 3.63) is 71.8 Å². The van der Waals surface area contributed by atoms with E-state index >= 15 is 0 Å². The van der Waals surface area contributed by atoms with Gasteiger partial charge in [-0.3, -0.25) is 9.59 Å². The molecular formula is C26H31N3O5. The number of amides is 2. The number of nitrogens with zero attached hydrogens (tertiary/aromatic N) is 1. The van der Waals surface area contributed by atoms with Crippen LogP contribution in [0.1, 0.15) is 43.9 Å². The normalized spacial score (nSPS) is 16.8. The standard InChI is InChI=1S/C26H31N3O5/c1-17(2)15-21(29-26(32)33)24(31)27-20(14-13-18-9-5-3-6-10-18)23(30)25-28-22(16-34-25)19-11-7-4-8-12-19/h3-12,17,20-22,29H,13-16H2,1-2H3,(H,27,31)(H,32,33)/t20?,21?,22-/m1/s1. The van der Waals surface area contributed by atoms with Crippen molar-refractivity contribution in [3.8, 4) is 0 Å². The number of carbonyl (C=O) groups excluding carboxylic acids is 2. The van der Waals surface area contributed by atoms with Gasteiger partial charge < -0.3 is 20.5 Å². The van der Waals surface area contributed by atoms with Gasteiger partial charge in [-0.1, -0.05) is 74.5 Å². The lowest BCUT2D eigenvalue weighted by molar-refractivity contribution is -0.127. The van der Waals surface area contributed by atoms with Gasteiger partial charge in [0.25, 0.3) is 5.90 Å². The molecule has 2 aromatic rings. The number of carboxylic acid groups (broad SMARTS) is 1. The highest BCUT2D eigenvalue weighted by atomic mass is 16.5. The van der Waals surface area contributed by atoms with Crippen LogP contribution in [0.25, 0.3) is 0 Å². The Bertz CT molecular complexity index is 1010. The van der Waals surface area contributed by atoms with Crippen LogP contribution in [0.15, 0.2) is 65.7 Å². The fourth-order valence-corrected chi connectivity index (χ4v) is 3.85. The highest BCUT2D eigenvalue weighted by Crippen LogP contribution is 2.23. The molecule has 0 bridgehead atoms. The molecule has 34 heavy (non-hydrogen) atoms. The van der Waals surface area contributed by atoms with Crippen molar-refractivity contribution in [2.45, 2.75) is 51.2 Å².